The first-order valence-corrected chi connectivity index (χ1v) is 10.5. The minimum Gasteiger partial charge on any atom is -0.386 e. The smallest absolute Gasteiger partial charge is 0.253 e. The lowest BCUT2D eigenvalue weighted by Crippen LogP contribution is -2.44. The van der Waals surface area contributed by atoms with E-state index in [9.17, 15) is 13.6 Å². The van der Waals surface area contributed by atoms with E-state index in [1.165, 1.54) is 6.92 Å². The fourth-order valence-corrected chi connectivity index (χ4v) is 3.84. The number of piperidine rings is 1. The Labute approximate surface area is 176 Å². The molecule has 1 aromatic carbocycles. The number of likely N-dealkylation sites (tertiary alicyclic amines) is 1. The zero-order valence-corrected chi connectivity index (χ0v) is 18.1. The third kappa shape index (κ3) is 5.12. The molecule has 1 atom stereocenters. The number of fused-ring (bicyclic) bond motifs is 1. The molecule has 2 heterocycles. The number of carbonyl (C=O) groups is 1. The standard InChI is InChI=1S/C23H30F2N4O/c1-5-17-13-18(14-20-21(17)27-9-8-26-20)22(30)29-10-6-19(7-11-29)28-16(3)12-15(2)23(4,24)25/h8-9,12-15,19,28H,5-7,10-11H2,1-4H3/b16-12+. The third-order valence-corrected chi connectivity index (χ3v) is 5.79. The van der Waals surface area contributed by atoms with Crippen molar-refractivity contribution in [1.82, 2.24) is 20.2 Å². The van der Waals surface area contributed by atoms with Crippen LogP contribution in [-0.4, -0.2) is 45.8 Å². The molecule has 1 fully saturated rings. The number of carbonyl (C=O) groups excluding carboxylic acids is 1. The Morgan fingerprint density at radius 2 is 1.97 bits per heavy atom. The molecule has 0 radical (unpaired) electrons. The lowest BCUT2D eigenvalue weighted by Gasteiger charge is -2.33. The Morgan fingerprint density at radius 1 is 1.30 bits per heavy atom. The van der Waals surface area contributed by atoms with Crippen LogP contribution in [0, 0.1) is 5.92 Å². The van der Waals surface area contributed by atoms with Crippen LogP contribution in [0.4, 0.5) is 8.78 Å². The Hall–Kier alpha value is -2.57. The van der Waals surface area contributed by atoms with Crippen molar-refractivity contribution in [2.24, 2.45) is 5.92 Å². The Kier molecular flexibility index (Phi) is 6.68. The van der Waals surface area contributed by atoms with Crippen molar-refractivity contribution >= 4 is 16.9 Å². The van der Waals surface area contributed by atoms with Crippen molar-refractivity contribution in [2.75, 3.05) is 13.1 Å². The average molecular weight is 417 g/mol. The minimum absolute atomic E-state index is 0.00205. The average Bonchev–Trinajstić information content (AvgIpc) is 2.72. The Balaban J connectivity index is 1.63. The van der Waals surface area contributed by atoms with Gasteiger partial charge in [0.25, 0.3) is 11.8 Å². The van der Waals surface area contributed by atoms with Crippen LogP contribution in [-0.2, 0) is 6.42 Å². The van der Waals surface area contributed by atoms with Gasteiger partial charge in [0.1, 0.15) is 0 Å². The SMILES string of the molecule is CCc1cc(C(=O)N2CCC(N/C(C)=C/C(C)C(C)(F)F)CC2)cc2nccnc12. The highest BCUT2D eigenvalue weighted by Gasteiger charge is 2.29. The molecule has 0 saturated carbocycles. The molecule has 3 rings (SSSR count). The first-order valence-electron chi connectivity index (χ1n) is 10.5. The van der Waals surface area contributed by atoms with E-state index < -0.39 is 11.8 Å². The fraction of sp³-hybridized carbons (Fsp3) is 0.522. The van der Waals surface area contributed by atoms with Gasteiger partial charge in [0, 0.05) is 48.7 Å². The second-order valence-corrected chi connectivity index (χ2v) is 8.22. The van der Waals surface area contributed by atoms with Crippen LogP contribution >= 0.6 is 0 Å². The number of nitrogens with one attached hydrogen (secondary N) is 1. The number of hydrogen-bond acceptors (Lipinski definition) is 4. The van der Waals surface area contributed by atoms with E-state index in [1.807, 2.05) is 30.9 Å². The molecule has 7 heteroatoms. The topological polar surface area (TPSA) is 58.1 Å². The molecule has 1 unspecified atom stereocenters. The zero-order chi connectivity index (χ0) is 21.9. The van der Waals surface area contributed by atoms with Gasteiger partial charge in [0.15, 0.2) is 0 Å². The molecule has 1 aromatic heterocycles. The van der Waals surface area contributed by atoms with Crippen LogP contribution in [0.25, 0.3) is 11.0 Å². The summed E-state index contributed by atoms with van der Waals surface area (Å²) in [6, 6.07) is 3.91. The molecular formula is C23H30F2N4O. The maximum absolute atomic E-state index is 13.4. The number of aromatic nitrogens is 2. The van der Waals surface area contributed by atoms with Gasteiger partial charge in [0.05, 0.1) is 11.0 Å². The molecule has 2 aromatic rings. The summed E-state index contributed by atoms with van der Waals surface area (Å²) in [7, 11) is 0. The number of allylic oxidation sites excluding steroid dienone is 2. The number of nitrogens with zero attached hydrogens (tertiary/aromatic N) is 3. The summed E-state index contributed by atoms with van der Waals surface area (Å²) in [5.74, 6) is -3.56. The van der Waals surface area contributed by atoms with E-state index in [2.05, 4.69) is 15.3 Å². The van der Waals surface area contributed by atoms with Crippen molar-refractivity contribution in [3.63, 3.8) is 0 Å². The molecule has 1 N–H and O–H groups in total. The van der Waals surface area contributed by atoms with E-state index in [1.54, 1.807) is 18.5 Å². The van der Waals surface area contributed by atoms with Gasteiger partial charge in [-0.3, -0.25) is 14.8 Å². The highest BCUT2D eigenvalue weighted by molar-refractivity contribution is 5.98. The highest BCUT2D eigenvalue weighted by atomic mass is 19.3. The van der Waals surface area contributed by atoms with Crippen LogP contribution in [0.5, 0.6) is 0 Å². The minimum atomic E-state index is -2.74. The summed E-state index contributed by atoms with van der Waals surface area (Å²) in [6.45, 7) is 7.58. The number of benzene rings is 1. The summed E-state index contributed by atoms with van der Waals surface area (Å²) in [6.07, 6.45) is 7.23. The predicted octanol–water partition coefficient (Wildman–Crippen LogP) is 4.58. The summed E-state index contributed by atoms with van der Waals surface area (Å²) >= 11 is 0. The van der Waals surface area contributed by atoms with Gasteiger partial charge in [-0.2, -0.15) is 0 Å². The monoisotopic (exact) mass is 416 g/mol. The van der Waals surface area contributed by atoms with E-state index in [0.29, 0.717) is 18.7 Å². The van der Waals surface area contributed by atoms with Gasteiger partial charge < -0.3 is 10.2 Å². The number of alkyl halides is 2. The fourth-order valence-electron chi connectivity index (χ4n) is 3.84. The normalized spacial score (nSPS) is 17.3. The molecule has 1 aliphatic heterocycles. The Bertz CT molecular complexity index is 930. The molecule has 1 amide bonds. The lowest BCUT2D eigenvalue weighted by molar-refractivity contribution is -0.0146. The number of aryl methyl sites for hydroxylation is 1. The molecule has 1 aliphatic rings. The number of amides is 1. The van der Waals surface area contributed by atoms with Crippen LogP contribution in [0.3, 0.4) is 0 Å². The van der Waals surface area contributed by atoms with E-state index in [0.717, 1.165) is 48.5 Å². The molecule has 0 bridgehead atoms. The molecule has 0 spiro atoms. The largest absolute Gasteiger partial charge is 0.386 e. The van der Waals surface area contributed by atoms with Crippen molar-refractivity contribution in [3.8, 4) is 0 Å². The van der Waals surface area contributed by atoms with Gasteiger partial charge in [-0.05, 0) is 50.8 Å². The Morgan fingerprint density at radius 3 is 2.60 bits per heavy atom. The van der Waals surface area contributed by atoms with Crippen LogP contribution in [0.2, 0.25) is 0 Å². The van der Waals surface area contributed by atoms with Gasteiger partial charge in [-0.1, -0.05) is 19.9 Å². The molecular weight excluding hydrogens is 386 g/mol. The van der Waals surface area contributed by atoms with Gasteiger partial charge >= 0.3 is 0 Å². The summed E-state index contributed by atoms with van der Waals surface area (Å²) in [5, 5.41) is 3.34. The van der Waals surface area contributed by atoms with Crippen molar-refractivity contribution in [2.45, 2.75) is 58.9 Å². The first kappa shape index (κ1) is 22.1. The second-order valence-electron chi connectivity index (χ2n) is 8.22. The molecule has 30 heavy (non-hydrogen) atoms. The maximum atomic E-state index is 13.4. The molecule has 1 saturated heterocycles. The quantitative estimate of drug-likeness (QED) is 0.749. The third-order valence-electron chi connectivity index (χ3n) is 5.79. The summed E-state index contributed by atoms with van der Waals surface area (Å²) in [4.78, 5) is 23.7. The predicted molar refractivity (Wildman–Crippen MR) is 115 cm³/mol. The van der Waals surface area contributed by atoms with Gasteiger partial charge in [-0.25, -0.2) is 8.78 Å². The second kappa shape index (κ2) is 9.06. The van der Waals surface area contributed by atoms with Crippen molar-refractivity contribution < 1.29 is 13.6 Å². The highest BCUT2D eigenvalue weighted by Crippen LogP contribution is 2.25. The van der Waals surface area contributed by atoms with Crippen LogP contribution in [0.15, 0.2) is 36.3 Å². The lowest BCUT2D eigenvalue weighted by atomic mass is 10.0. The van der Waals surface area contributed by atoms with Gasteiger partial charge in [0.2, 0.25) is 0 Å². The molecule has 0 aliphatic carbocycles. The van der Waals surface area contributed by atoms with E-state index in [4.69, 9.17) is 0 Å². The maximum Gasteiger partial charge on any atom is 0.253 e. The molecule has 162 valence electrons. The molecule has 5 nitrogen and oxygen atoms in total. The summed E-state index contributed by atoms with van der Waals surface area (Å²) in [5.41, 5.74) is 3.99. The van der Waals surface area contributed by atoms with Crippen LogP contribution < -0.4 is 5.32 Å². The number of rotatable bonds is 6. The first-order chi connectivity index (χ1) is 14.2. The van der Waals surface area contributed by atoms with Crippen LogP contribution in [0.1, 0.15) is 56.5 Å². The van der Waals surface area contributed by atoms with E-state index in [-0.39, 0.29) is 11.9 Å². The number of hydrogen-bond donors (Lipinski definition) is 1. The van der Waals surface area contributed by atoms with Crippen molar-refractivity contribution in [3.05, 3.63) is 47.4 Å². The summed E-state index contributed by atoms with van der Waals surface area (Å²) < 4.78 is 26.8. The number of halogens is 2. The van der Waals surface area contributed by atoms with Gasteiger partial charge in [-0.15, -0.1) is 0 Å². The zero-order valence-electron chi connectivity index (χ0n) is 18.1. The van der Waals surface area contributed by atoms with E-state index >= 15 is 0 Å². The van der Waals surface area contributed by atoms with Crippen molar-refractivity contribution in [1.29, 1.82) is 0 Å².